The van der Waals surface area contributed by atoms with Crippen LogP contribution < -0.4 is 25.9 Å². The quantitative estimate of drug-likeness (QED) is 0.131. The van der Waals surface area contributed by atoms with Gasteiger partial charge in [0.1, 0.15) is 17.2 Å². The molecule has 9 rings (SSSR count). The van der Waals surface area contributed by atoms with Crippen LogP contribution in [0.15, 0.2) is 128 Å². The Hall–Kier alpha value is -5.29. The van der Waals surface area contributed by atoms with Gasteiger partial charge in [-0.25, -0.2) is 0 Å². The molecule has 0 atom stereocenters. The molecule has 0 bridgehead atoms. The van der Waals surface area contributed by atoms with Gasteiger partial charge in [0, 0.05) is 58.8 Å². The van der Waals surface area contributed by atoms with Crippen LogP contribution >= 0.6 is 0 Å². The summed E-state index contributed by atoms with van der Waals surface area (Å²) in [6.45, 7) is -1.86. The van der Waals surface area contributed by atoms with E-state index in [0.717, 1.165) is 33.5 Å². The van der Waals surface area contributed by atoms with E-state index in [9.17, 15) is 0 Å². The second-order valence-corrected chi connectivity index (χ2v) is 13.9. The molecule has 0 N–H and O–H groups in total. The van der Waals surface area contributed by atoms with Crippen molar-refractivity contribution >= 4 is 23.1 Å². The van der Waals surface area contributed by atoms with E-state index in [4.69, 9.17) is 24.6 Å². The van der Waals surface area contributed by atoms with E-state index in [2.05, 4.69) is 22.1 Å². The number of pyridine rings is 2. The van der Waals surface area contributed by atoms with Crippen molar-refractivity contribution in [2.45, 2.75) is 47.7 Å². The molecule has 0 aliphatic carbocycles. The summed E-state index contributed by atoms with van der Waals surface area (Å²) < 4.78 is 100. The summed E-state index contributed by atoms with van der Waals surface area (Å²) in [6, 6.07) is 40.6. The molecular weight excluding hydrogens is 840 g/mol. The van der Waals surface area contributed by atoms with Gasteiger partial charge in [-0.05, 0) is 82.8 Å². The summed E-state index contributed by atoms with van der Waals surface area (Å²) >= 11 is 0. The minimum atomic E-state index is -2.52. The zero-order valence-electron chi connectivity index (χ0n) is 40.7. The van der Waals surface area contributed by atoms with E-state index in [-0.39, 0.29) is 49.1 Å². The second-order valence-electron chi connectivity index (χ2n) is 13.9. The van der Waals surface area contributed by atoms with Crippen LogP contribution in [0.5, 0.6) is 23.0 Å². The first-order valence-corrected chi connectivity index (χ1v) is 17.3. The van der Waals surface area contributed by atoms with Crippen LogP contribution in [0.2, 0.25) is 0 Å². The summed E-state index contributed by atoms with van der Waals surface area (Å²) in [5.74, 6) is 2.76. The molecule has 5 aromatic carbocycles. The van der Waals surface area contributed by atoms with Gasteiger partial charge >= 0.3 is 0 Å². The van der Waals surface area contributed by atoms with Crippen molar-refractivity contribution in [2.75, 3.05) is 0 Å². The molecule has 0 saturated heterocycles. The van der Waals surface area contributed by atoms with Crippen molar-refractivity contribution < 1.29 is 44.7 Å². The van der Waals surface area contributed by atoms with Crippen molar-refractivity contribution in [1.29, 1.82) is 0 Å². The molecule has 0 saturated carbocycles. The number of aryl methyl sites for hydroxylation is 3. The van der Waals surface area contributed by atoms with Crippen LogP contribution in [0, 0.1) is 38.1 Å². The van der Waals surface area contributed by atoms with Crippen molar-refractivity contribution in [3.8, 4) is 56.6 Å². The Kier molecular flexibility index (Phi) is 7.24. The number of nitrogens with zero attached hydrogens (tertiary/aromatic N) is 2. The van der Waals surface area contributed by atoms with Crippen molar-refractivity contribution in [3.63, 3.8) is 0 Å². The van der Waals surface area contributed by atoms with Crippen LogP contribution in [-0.2, 0) is 26.5 Å². The average Bonchev–Trinajstić information content (AvgIpc) is 3.25. The van der Waals surface area contributed by atoms with Crippen LogP contribution in [0.1, 0.15) is 58.1 Å². The minimum Gasteiger partial charge on any atom is -0.503 e. The number of rotatable bonds is 4. The molecule has 2 aliphatic heterocycles. The molecule has 0 unspecified atom stereocenters. The molecule has 2 aromatic heterocycles. The third-order valence-electron chi connectivity index (χ3n) is 9.01. The summed E-state index contributed by atoms with van der Waals surface area (Å²) in [6.07, 6.45) is 0.689. The van der Waals surface area contributed by atoms with E-state index >= 15 is 0 Å². The zero-order valence-corrected chi connectivity index (χ0v) is 32.1. The summed E-state index contributed by atoms with van der Waals surface area (Å²) in [5.41, 5.74) is 5.83. The van der Waals surface area contributed by atoms with Gasteiger partial charge in [-0.2, -0.15) is 0 Å². The topological polar surface area (TPSA) is 44.2 Å². The van der Waals surface area contributed by atoms with Gasteiger partial charge in [0.2, 0.25) is 6.71 Å². The number of para-hydroxylation sites is 1. The molecule has 0 fully saturated rings. The molecule has 4 heterocycles. The molecule has 269 valence electrons. The van der Waals surface area contributed by atoms with Crippen LogP contribution in [0.25, 0.3) is 33.6 Å². The van der Waals surface area contributed by atoms with E-state index in [1.54, 1.807) is 45.0 Å². The maximum atomic E-state index is 8.89. The smallest absolute Gasteiger partial charge is 0.241 e. The Morgan fingerprint density at radius 2 is 1.46 bits per heavy atom. The zero-order chi connectivity index (χ0) is 46.0. The largest absolute Gasteiger partial charge is 0.503 e. The molecule has 0 spiro atoms. The van der Waals surface area contributed by atoms with Gasteiger partial charge in [0.15, 0.2) is 0 Å². The third kappa shape index (κ3) is 7.42. The Labute approximate surface area is 348 Å². The maximum Gasteiger partial charge on any atom is 0.241 e. The number of benzene rings is 5. The van der Waals surface area contributed by atoms with E-state index in [1.165, 1.54) is 24.5 Å². The number of hydrogen-bond donors (Lipinski definition) is 0. The number of hydrogen-bond acceptors (Lipinski definition) is 4. The Bertz CT molecular complexity index is 2880. The van der Waals surface area contributed by atoms with Gasteiger partial charge < -0.3 is 19.4 Å². The van der Waals surface area contributed by atoms with E-state index in [0.29, 0.717) is 39.6 Å². The standard InChI is InChI=1S/C29H25BNO2.C19H16N.Ir/c1-18-17-31-23(15-19(18)16-29(2,3)4)20-9-7-11-22-28(20)33-26-14-8-13-25-27(26)30(22)21-10-5-6-12-24(21)32-25;1-14-8-10-17(11-9-14)19-12-18(15(2)13-20-19)16-6-4-3-5-7-16;/h5-8,10-15,17H,16H2,1-4H3;3-10,12-13H,1-2H3;/q2*-1;/i1D3,16D2;1D3,2D3;. The first-order chi connectivity index (χ1) is 30.0. The number of ether oxygens (including phenoxy) is 2. The number of aromatic nitrogens is 2. The fraction of sp³-hybridized carbons (Fsp3) is 0.167. The predicted octanol–water partition coefficient (Wildman–Crippen LogP) is 10.0. The van der Waals surface area contributed by atoms with Crippen molar-refractivity contribution in [2.24, 2.45) is 5.41 Å². The summed E-state index contributed by atoms with van der Waals surface area (Å²) in [5, 5.41) is 0. The van der Waals surface area contributed by atoms with Crippen LogP contribution in [0.3, 0.4) is 0 Å². The molecule has 54 heavy (non-hydrogen) atoms. The second kappa shape index (κ2) is 15.2. The minimum absolute atomic E-state index is 0. The normalized spacial score (nSPS) is 16.1. The SMILES string of the molecule is [2H]C([2H])([2H])c1c[c-]c(-c2cc(-c3ccccc3)c(C([2H])([2H])[2H])cn2)cc1.[2H]C([2H])([2H])c1cnc(-c2[c-]ccc3c2Oc2cccc4c2B3c2ccccc2O4)cc1C([2H])([2H])C(C)(C)C.[Ir]. The Morgan fingerprint density at radius 1 is 0.722 bits per heavy atom. The van der Waals surface area contributed by atoms with Gasteiger partial charge in [0.25, 0.3) is 0 Å². The summed E-state index contributed by atoms with van der Waals surface area (Å²) in [4.78, 5) is 8.76. The Balaban J connectivity index is 0.000000205. The summed E-state index contributed by atoms with van der Waals surface area (Å²) in [7, 11) is 0. The molecular formula is C48H41BIrN2O2-2. The van der Waals surface area contributed by atoms with E-state index in [1.807, 2.05) is 78.9 Å². The predicted molar refractivity (Wildman–Crippen MR) is 218 cm³/mol. The third-order valence-corrected chi connectivity index (χ3v) is 9.01. The van der Waals surface area contributed by atoms with Gasteiger partial charge in [0.05, 0.1) is 0 Å². The van der Waals surface area contributed by atoms with Crippen molar-refractivity contribution in [1.82, 2.24) is 9.97 Å². The van der Waals surface area contributed by atoms with Crippen LogP contribution in [-0.4, -0.2) is 16.7 Å². The van der Waals surface area contributed by atoms with Crippen molar-refractivity contribution in [3.05, 3.63) is 162 Å². The fourth-order valence-corrected chi connectivity index (χ4v) is 6.68. The van der Waals surface area contributed by atoms with Crippen LogP contribution in [0.4, 0.5) is 0 Å². The molecule has 1 radical (unpaired) electrons. The molecule has 7 aromatic rings. The average molecular weight is 892 g/mol. The fourth-order valence-electron chi connectivity index (χ4n) is 6.68. The van der Waals surface area contributed by atoms with Gasteiger partial charge in [-0.15, -0.1) is 59.1 Å². The molecule has 4 nitrogen and oxygen atoms in total. The molecule has 2 aliphatic rings. The van der Waals surface area contributed by atoms with Gasteiger partial charge in [-0.3, -0.25) is 0 Å². The Morgan fingerprint density at radius 3 is 2.22 bits per heavy atom. The maximum absolute atomic E-state index is 8.89. The van der Waals surface area contributed by atoms with E-state index < -0.39 is 32.3 Å². The molecule has 0 amide bonds. The number of fused-ring (bicyclic) bond motifs is 4. The van der Waals surface area contributed by atoms with Gasteiger partial charge in [-0.1, -0.05) is 105 Å². The first kappa shape index (κ1) is 25.7. The monoisotopic (exact) mass is 892 g/mol. The first-order valence-electron chi connectivity index (χ1n) is 22.8. The molecule has 6 heteroatoms.